The summed E-state index contributed by atoms with van der Waals surface area (Å²) in [5, 5.41) is 0.0668. The fraction of sp³-hybridized carbons (Fsp3) is 0.588. The SMILES string of the molecule is Cl.NC1(C(=O)N2CCOC(c3ccc(F)c(Cl)c3)C2)CCCCC1. The Hall–Kier alpha value is -0.880. The third-order valence-corrected chi connectivity index (χ3v) is 5.13. The van der Waals surface area contributed by atoms with Crippen LogP contribution in [0.4, 0.5) is 4.39 Å². The molecule has 4 nitrogen and oxygen atoms in total. The van der Waals surface area contributed by atoms with E-state index in [2.05, 4.69) is 0 Å². The van der Waals surface area contributed by atoms with Gasteiger partial charge in [-0.1, -0.05) is 36.9 Å². The summed E-state index contributed by atoms with van der Waals surface area (Å²) in [6.07, 6.45) is 4.35. The van der Waals surface area contributed by atoms with E-state index in [-0.39, 0.29) is 29.4 Å². The van der Waals surface area contributed by atoms with Gasteiger partial charge in [0, 0.05) is 6.54 Å². The van der Waals surface area contributed by atoms with E-state index in [4.69, 9.17) is 22.1 Å². The number of hydrogen-bond acceptors (Lipinski definition) is 3. The Labute approximate surface area is 152 Å². The average molecular weight is 377 g/mol. The summed E-state index contributed by atoms with van der Waals surface area (Å²) in [6.45, 7) is 1.42. The van der Waals surface area contributed by atoms with E-state index in [1.807, 2.05) is 0 Å². The number of morpholine rings is 1. The third kappa shape index (κ3) is 4.02. The second-order valence-electron chi connectivity index (χ2n) is 6.50. The average Bonchev–Trinajstić information content (AvgIpc) is 2.57. The minimum Gasteiger partial charge on any atom is -0.370 e. The van der Waals surface area contributed by atoms with Gasteiger partial charge in [-0.2, -0.15) is 0 Å². The van der Waals surface area contributed by atoms with Crippen LogP contribution in [0.25, 0.3) is 0 Å². The number of carbonyl (C=O) groups is 1. The van der Waals surface area contributed by atoms with Gasteiger partial charge < -0.3 is 15.4 Å². The van der Waals surface area contributed by atoms with Gasteiger partial charge in [0.25, 0.3) is 0 Å². The molecule has 0 bridgehead atoms. The molecule has 134 valence electrons. The third-order valence-electron chi connectivity index (χ3n) is 4.84. The molecule has 1 saturated heterocycles. The van der Waals surface area contributed by atoms with Crippen molar-refractivity contribution < 1.29 is 13.9 Å². The topological polar surface area (TPSA) is 55.6 Å². The Bertz CT molecular complexity index is 594. The zero-order chi connectivity index (χ0) is 16.4. The fourth-order valence-corrected chi connectivity index (χ4v) is 3.65. The molecule has 1 saturated carbocycles. The van der Waals surface area contributed by atoms with Gasteiger partial charge in [0.1, 0.15) is 11.9 Å². The largest absolute Gasteiger partial charge is 0.370 e. The number of carbonyl (C=O) groups excluding carboxylic acids is 1. The molecule has 0 spiro atoms. The molecule has 2 aliphatic rings. The Morgan fingerprint density at radius 3 is 2.71 bits per heavy atom. The summed E-state index contributed by atoms with van der Waals surface area (Å²) in [6, 6.07) is 4.54. The lowest BCUT2D eigenvalue weighted by molar-refractivity contribution is -0.146. The highest BCUT2D eigenvalue weighted by Gasteiger charge is 2.40. The van der Waals surface area contributed by atoms with Gasteiger partial charge >= 0.3 is 0 Å². The van der Waals surface area contributed by atoms with E-state index in [1.54, 1.807) is 17.0 Å². The number of nitrogens with zero attached hydrogens (tertiary/aromatic N) is 1. The van der Waals surface area contributed by atoms with Gasteiger partial charge in [-0.05, 0) is 30.5 Å². The molecule has 1 atom stereocenters. The number of benzene rings is 1. The van der Waals surface area contributed by atoms with Gasteiger partial charge in [-0.3, -0.25) is 4.79 Å². The monoisotopic (exact) mass is 376 g/mol. The molecule has 1 heterocycles. The molecule has 7 heteroatoms. The maximum atomic E-state index is 13.3. The van der Waals surface area contributed by atoms with Gasteiger partial charge in [0.2, 0.25) is 5.91 Å². The Balaban J connectivity index is 0.00000208. The van der Waals surface area contributed by atoms with Crippen molar-refractivity contribution in [2.75, 3.05) is 19.7 Å². The fourth-order valence-electron chi connectivity index (χ4n) is 3.46. The van der Waals surface area contributed by atoms with Crippen molar-refractivity contribution in [2.24, 2.45) is 5.73 Å². The summed E-state index contributed by atoms with van der Waals surface area (Å²) in [4.78, 5) is 14.6. The number of ether oxygens (including phenoxy) is 1. The highest BCUT2D eigenvalue weighted by Crippen LogP contribution is 2.31. The summed E-state index contributed by atoms with van der Waals surface area (Å²) >= 11 is 5.84. The maximum absolute atomic E-state index is 13.3. The van der Waals surface area contributed by atoms with Crippen LogP contribution in [-0.4, -0.2) is 36.0 Å². The van der Waals surface area contributed by atoms with E-state index in [9.17, 15) is 9.18 Å². The normalized spacial score (nSPS) is 23.5. The van der Waals surface area contributed by atoms with Crippen molar-refractivity contribution in [3.8, 4) is 0 Å². The first-order valence-electron chi connectivity index (χ1n) is 8.14. The lowest BCUT2D eigenvalue weighted by Gasteiger charge is -2.40. The number of amides is 1. The summed E-state index contributed by atoms with van der Waals surface area (Å²) in [5.74, 6) is -0.444. The van der Waals surface area contributed by atoms with E-state index in [1.165, 1.54) is 6.07 Å². The summed E-state index contributed by atoms with van der Waals surface area (Å²) in [7, 11) is 0. The van der Waals surface area contributed by atoms with Crippen molar-refractivity contribution in [1.29, 1.82) is 0 Å². The van der Waals surface area contributed by atoms with Crippen molar-refractivity contribution >= 4 is 29.9 Å². The second kappa shape index (κ2) is 8.00. The zero-order valence-corrected chi connectivity index (χ0v) is 15.0. The molecule has 1 amide bonds. The number of halogens is 3. The minimum absolute atomic E-state index is 0. The smallest absolute Gasteiger partial charge is 0.242 e. The Kier molecular flexibility index (Phi) is 6.48. The maximum Gasteiger partial charge on any atom is 0.242 e. The van der Waals surface area contributed by atoms with Crippen molar-refractivity contribution in [3.63, 3.8) is 0 Å². The molecule has 24 heavy (non-hydrogen) atoms. The molecule has 0 radical (unpaired) electrons. The Morgan fingerprint density at radius 1 is 1.33 bits per heavy atom. The molecule has 1 aliphatic carbocycles. The molecular weight excluding hydrogens is 354 g/mol. The first-order chi connectivity index (χ1) is 11.0. The van der Waals surface area contributed by atoms with E-state index in [0.29, 0.717) is 19.7 Å². The summed E-state index contributed by atoms with van der Waals surface area (Å²) < 4.78 is 19.1. The van der Waals surface area contributed by atoms with Gasteiger partial charge in [0.15, 0.2) is 0 Å². The van der Waals surface area contributed by atoms with Crippen LogP contribution in [-0.2, 0) is 9.53 Å². The van der Waals surface area contributed by atoms with Crippen LogP contribution in [0.1, 0.15) is 43.8 Å². The van der Waals surface area contributed by atoms with Crippen molar-refractivity contribution in [2.45, 2.75) is 43.7 Å². The van der Waals surface area contributed by atoms with Crippen molar-refractivity contribution in [3.05, 3.63) is 34.6 Å². The van der Waals surface area contributed by atoms with E-state index >= 15 is 0 Å². The van der Waals surface area contributed by atoms with Crippen LogP contribution in [0.5, 0.6) is 0 Å². The number of rotatable bonds is 2. The van der Waals surface area contributed by atoms with Crippen LogP contribution < -0.4 is 5.73 Å². The second-order valence-corrected chi connectivity index (χ2v) is 6.91. The highest BCUT2D eigenvalue weighted by molar-refractivity contribution is 6.30. The van der Waals surface area contributed by atoms with Crippen LogP contribution in [0, 0.1) is 5.82 Å². The molecule has 3 rings (SSSR count). The number of hydrogen-bond donors (Lipinski definition) is 1. The molecule has 1 aliphatic heterocycles. The predicted molar refractivity (Wildman–Crippen MR) is 93.9 cm³/mol. The number of nitrogens with two attached hydrogens (primary N) is 1. The molecule has 1 unspecified atom stereocenters. The predicted octanol–water partition coefficient (Wildman–Crippen LogP) is 3.46. The van der Waals surface area contributed by atoms with E-state index < -0.39 is 11.4 Å². The highest BCUT2D eigenvalue weighted by atomic mass is 35.5. The first kappa shape index (κ1) is 19.4. The van der Waals surface area contributed by atoms with Gasteiger partial charge in [-0.25, -0.2) is 4.39 Å². The standard InChI is InChI=1S/C17H22ClFN2O2.ClH/c18-13-10-12(4-5-14(13)19)15-11-21(8-9-23-15)16(22)17(20)6-2-1-3-7-17;/h4-5,10,15H,1-3,6-9,11,20H2;1H. The molecule has 2 N–H and O–H groups in total. The van der Waals surface area contributed by atoms with Crippen LogP contribution in [0.15, 0.2) is 18.2 Å². The molecule has 0 aromatic heterocycles. The van der Waals surface area contributed by atoms with Gasteiger partial charge in [-0.15, -0.1) is 12.4 Å². The molecule has 1 aromatic carbocycles. The molecular formula is C17H23Cl2FN2O2. The molecule has 1 aromatic rings. The quantitative estimate of drug-likeness (QED) is 0.859. The van der Waals surface area contributed by atoms with Crippen molar-refractivity contribution in [1.82, 2.24) is 4.90 Å². The summed E-state index contributed by atoms with van der Waals surface area (Å²) in [5.41, 5.74) is 6.40. The zero-order valence-electron chi connectivity index (χ0n) is 13.5. The first-order valence-corrected chi connectivity index (χ1v) is 8.52. The van der Waals surface area contributed by atoms with Crippen LogP contribution >= 0.6 is 24.0 Å². The molecule has 2 fully saturated rings. The van der Waals surface area contributed by atoms with E-state index in [0.717, 1.165) is 37.7 Å². The lowest BCUT2D eigenvalue weighted by atomic mass is 9.81. The van der Waals surface area contributed by atoms with Crippen LogP contribution in [0.3, 0.4) is 0 Å². The van der Waals surface area contributed by atoms with Crippen LogP contribution in [0.2, 0.25) is 5.02 Å². The lowest BCUT2D eigenvalue weighted by Crippen LogP contribution is -2.58. The minimum atomic E-state index is -0.736. The Morgan fingerprint density at radius 2 is 2.04 bits per heavy atom. The van der Waals surface area contributed by atoms with Gasteiger partial charge in [0.05, 0.1) is 23.7 Å².